The normalized spacial score (nSPS) is 18.8. The Morgan fingerprint density at radius 1 is 1.07 bits per heavy atom. The van der Waals surface area contributed by atoms with Crippen molar-refractivity contribution in [3.8, 4) is 0 Å². The standard InChI is InChI=1S/C34H56N4O7/c1-8-10-18-38(30(40)22-35)31(23(3)9-2)28(43-5)21-29(39)37-19-14-17-27(37)32(44-6)24(4)33(41)36-26(34(42)45-7)20-25-15-12-11-13-16-25/h11-13,15-16,23-24,26-28,31-32H,8-10,14,17-22,35H2,1-7H3,(H,36,41)/t23-,24+,26-,27-,28+,31-,32+/m0/s1. The van der Waals surface area contributed by atoms with E-state index < -0.39 is 30.1 Å². The predicted molar refractivity (Wildman–Crippen MR) is 173 cm³/mol. The van der Waals surface area contributed by atoms with Crippen molar-refractivity contribution in [1.29, 1.82) is 0 Å². The number of nitrogens with two attached hydrogens (primary N) is 1. The van der Waals surface area contributed by atoms with Crippen LogP contribution in [0.25, 0.3) is 0 Å². The Morgan fingerprint density at radius 3 is 2.31 bits per heavy atom. The Bertz CT molecular complexity index is 1070. The van der Waals surface area contributed by atoms with E-state index in [0.29, 0.717) is 19.5 Å². The fourth-order valence-corrected chi connectivity index (χ4v) is 6.41. The minimum absolute atomic E-state index is 0.0820. The summed E-state index contributed by atoms with van der Waals surface area (Å²) >= 11 is 0. The van der Waals surface area contributed by atoms with Crippen molar-refractivity contribution >= 4 is 23.7 Å². The molecule has 1 aromatic carbocycles. The first-order valence-corrected chi connectivity index (χ1v) is 16.3. The van der Waals surface area contributed by atoms with E-state index in [9.17, 15) is 19.2 Å². The lowest BCUT2D eigenvalue weighted by atomic mass is 9.89. The van der Waals surface area contributed by atoms with Gasteiger partial charge in [0.25, 0.3) is 0 Å². The molecule has 0 aliphatic carbocycles. The molecule has 0 spiro atoms. The van der Waals surface area contributed by atoms with Gasteiger partial charge in [0.15, 0.2) is 0 Å². The number of rotatable bonds is 19. The number of likely N-dealkylation sites (tertiary alicyclic amines) is 1. The Morgan fingerprint density at radius 2 is 1.76 bits per heavy atom. The molecule has 1 aromatic rings. The van der Waals surface area contributed by atoms with Gasteiger partial charge in [-0.25, -0.2) is 4.79 Å². The largest absolute Gasteiger partial charge is 0.467 e. The van der Waals surface area contributed by atoms with Gasteiger partial charge in [0, 0.05) is 33.7 Å². The lowest BCUT2D eigenvalue weighted by Gasteiger charge is -2.41. The number of benzene rings is 1. The van der Waals surface area contributed by atoms with Crippen LogP contribution in [0.3, 0.4) is 0 Å². The maximum absolute atomic E-state index is 13.9. The number of nitrogens with one attached hydrogen (secondary N) is 1. The van der Waals surface area contributed by atoms with Crippen molar-refractivity contribution < 1.29 is 33.4 Å². The van der Waals surface area contributed by atoms with E-state index in [1.807, 2.05) is 30.3 Å². The smallest absolute Gasteiger partial charge is 0.328 e. The number of ether oxygens (including phenoxy) is 3. The van der Waals surface area contributed by atoms with E-state index in [1.165, 1.54) is 14.2 Å². The summed E-state index contributed by atoms with van der Waals surface area (Å²) in [4.78, 5) is 56.6. The maximum atomic E-state index is 13.9. The summed E-state index contributed by atoms with van der Waals surface area (Å²) in [6.45, 7) is 8.94. The van der Waals surface area contributed by atoms with Crippen LogP contribution in [0.4, 0.5) is 0 Å². The Kier molecular flexibility index (Phi) is 16.5. The molecule has 7 atom stereocenters. The average molecular weight is 633 g/mol. The van der Waals surface area contributed by atoms with Gasteiger partial charge in [0.2, 0.25) is 17.7 Å². The van der Waals surface area contributed by atoms with E-state index in [0.717, 1.165) is 31.2 Å². The van der Waals surface area contributed by atoms with Crippen LogP contribution in [-0.2, 0) is 39.8 Å². The van der Waals surface area contributed by atoms with E-state index >= 15 is 0 Å². The molecule has 2 rings (SSSR count). The van der Waals surface area contributed by atoms with Gasteiger partial charge in [-0.1, -0.05) is 70.9 Å². The predicted octanol–water partition coefficient (Wildman–Crippen LogP) is 2.94. The summed E-state index contributed by atoms with van der Waals surface area (Å²) < 4.78 is 16.8. The summed E-state index contributed by atoms with van der Waals surface area (Å²) in [5.41, 5.74) is 6.69. The number of hydrogen-bond acceptors (Lipinski definition) is 8. The van der Waals surface area contributed by atoms with Crippen molar-refractivity contribution in [1.82, 2.24) is 15.1 Å². The molecule has 11 nitrogen and oxygen atoms in total. The first-order valence-electron chi connectivity index (χ1n) is 16.3. The average Bonchev–Trinajstić information content (AvgIpc) is 3.54. The van der Waals surface area contributed by atoms with Gasteiger partial charge < -0.3 is 35.1 Å². The van der Waals surface area contributed by atoms with Crippen LogP contribution in [0.2, 0.25) is 0 Å². The number of carbonyl (C=O) groups is 4. The Hall–Kier alpha value is -3.02. The monoisotopic (exact) mass is 632 g/mol. The van der Waals surface area contributed by atoms with Crippen molar-refractivity contribution in [2.24, 2.45) is 17.6 Å². The first-order chi connectivity index (χ1) is 21.6. The molecule has 254 valence electrons. The van der Waals surface area contributed by atoms with Gasteiger partial charge >= 0.3 is 5.97 Å². The molecular formula is C34H56N4O7. The third-order valence-corrected chi connectivity index (χ3v) is 9.16. The fraction of sp³-hybridized carbons (Fsp3) is 0.706. The van der Waals surface area contributed by atoms with Gasteiger partial charge in [-0.2, -0.15) is 0 Å². The number of carbonyl (C=O) groups excluding carboxylic acids is 4. The van der Waals surface area contributed by atoms with E-state index in [4.69, 9.17) is 19.9 Å². The highest BCUT2D eigenvalue weighted by molar-refractivity contribution is 5.86. The lowest BCUT2D eigenvalue weighted by Crippen LogP contribution is -2.55. The van der Waals surface area contributed by atoms with Gasteiger partial charge in [-0.05, 0) is 30.7 Å². The van der Waals surface area contributed by atoms with Gasteiger partial charge in [-0.15, -0.1) is 0 Å². The number of methoxy groups -OCH3 is 3. The zero-order valence-corrected chi connectivity index (χ0v) is 28.3. The van der Waals surface area contributed by atoms with Crippen molar-refractivity contribution in [2.75, 3.05) is 41.0 Å². The molecule has 0 unspecified atom stereocenters. The number of esters is 1. The lowest BCUT2D eigenvalue weighted by molar-refractivity contribution is -0.148. The Balaban J connectivity index is 2.23. The number of nitrogens with zero attached hydrogens (tertiary/aromatic N) is 2. The van der Waals surface area contributed by atoms with Crippen LogP contribution in [0.1, 0.15) is 71.8 Å². The summed E-state index contributed by atoms with van der Waals surface area (Å²) in [6.07, 6.45) is 3.24. The molecule has 0 saturated carbocycles. The van der Waals surface area contributed by atoms with Gasteiger partial charge in [0.05, 0.1) is 50.3 Å². The van der Waals surface area contributed by atoms with Gasteiger partial charge in [-0.3, -0.25) is 14.4 Å². The molecule has 45 heavy (non-hydrogen) atoms. The second-order valence-electron chi connectivity index (χ2n) is 12.1. The van der Waals surface area contributed by atoms with Crippen LogP contribution < -0.4 is 11.1 Å². The highest BCUT2D eigenvalue weighted by Crippen LogP contribution is 2.29. The van der Waals surface area contributed by atoms with Crippen molar-refractivity contribution in [3.63, 3.8) is 0 Å². The number of hydrogen-bond donors (Lipinski definition) is 2. The van der Waals surface area contributed by atoms with Crippen LogP contribution in [0, 0.1) is 11.8 Å². The second kappa shape index (κ2) is 19.5. The van der Waals surface area contributed by atoms with Crippen molar-refractivity contribution in [3.05, 3.63) is 35.9 Å². The molecular weight excluding hydrogens is 576 g/mol. The topological polar surface area (TPSA) is 140 Å². The molecule has 0 aromatic heterocycles. The number of unbranched alkanes of at least 4 members (excludes halogenated alkanes) is 1. The Labute approximate surface area is 269 Å². The zero-order chi connectivity index (χ0) is 33.5. The molecule has 1 aliphatic heterocycles. The first kappa shape index (κ1) is 38.2. The third kappa shape index (κ3) is 10.5. The van der Waals surface area contributed by atoms with Gasteiger partial charge in [0.1, 0.15) is 6.04 Å². The highest BCUT2D eigenvalue weighted by atomic mass is 16.5. The van der Waals surface area contributed by atoms with E-state index in [-0.39, 0.29) is 55.1 Å². The van der Waals surface area contributed by atoms with Crippen LogP contribution >= 0.6 is 0 Å². The molecule has 1 heterocycles. The maximum Gasteiger partial charge on any atom is 0.328 e. The van der Waals surface area contributed by atoms with E-state index in [1.54, 1.807) is 23.8 Å². The highest BCUT2D eigenvalue weighted by Gasteiger charge is 2.42. The minimum atomic E-state index is -0.863. The molecule has 3 N–H and O–H groups in total. The zero-order valence-electron chi connectivity index (χ0n) is 28.3. The molecule has 0 bridgehead atoms. The minimum Gasteiger partial charge on any atom is -0.467 e. The molecule has 1 saturated heterocycles. The molecule has 1 fully saturated rings. The molecule has 0 radical (unpaired) electrons. The summed E-state index contributed by atoms with van der Waals surface area (Å²) in [6, 6.07) is 7.90. The van der Waals surface area contributed by atoms with Crippen molar-refractivity contribution in [2.45, 2.75) is 103 Å². The second-order valence-corrected chi connectivity index (χ2v) is 12.1. The molecule has 1 aliphatic rings. The number of amides is 3. The third-order valence-electron chi connectivity index (χ3n) is 9.16. The SMILES string of the molecule is CCCCN(C(=O)CN)[C@@H]([C@@H](C)CC)[C@@H](CC(=O)N1CCC[C@H]1[C@H](OC)[C@@H](C)C(=O)N[C@@H](Cc1ccccc1)C(=O)OC)OC. The quantitative estimate of drug-likeness (QED) is 0.222. The summed E-state index contributed by atoms with van der Waals surface area (Å²) in [7, 11) is 4.42. The van der Waals surface area contributed by atoms with Crippen LogP contribution in [0.15, 0.2) is 30.3 Å². The van der Waals surface area contributed by atoms with Crippen LogP contribution in [0.5, 0.6) is 0 Å². The summed E-state index contributed by atoms with van der Waals surface area (Å²) in [5, 5.41) is 2.85. The van der Waals surface area contributed by atoms with Crippen LogP contribution in [-0.4, -0.2) is 105 Å². The summed E-state index contributed by atoms with van der Waals surface area (Å²) in [5.74, 6) is -1.73. The van der Waals surface area contributed by atoms with E-state index in [2.05, 4.69) is 26.1 Å². The fourth-order valence-electron chi connectivity index (χ4n) is 6.41. The molecule has 11 heteroatoms. The molecule has 3 amide bonds.